The second-order valence-electron chi connectivity index (χ2n) is 4.14. The Balaban J connectivity index is 2.19. The average Bonchev–Trinajstić information content (AvgIpc) is 2.29. The summed E-state index contributed by atoms with van der Waals surface area (Å²) in [6.45, 7) is 1.65. The van der Waals surface area contributed by atoms with Crippen molar-refractivity contribution < 1.29 is 9.18 Å². The molecule has 0 radical (unpaired) electrons. The summed E-state index contributed by atoms with van der Waals surface area (Å²) in [6.07, 6.45) is 1.88. The van der Waals surface area contributed by atoms with Gasteiger partial charge in [-0.15, -0.1) is 0 Å². The fourth-order valence-corrected chi connectivity index (χ4v) is 2.05. The normalized spacial score (nSPS) is 20.7. The summed E-state index contributed by atoms with van der Waals surface area (Å²) in [5, 5.41) is 3.18. The van der Waals surface area contributed by atoms with Gasteiger partial charge in [0.15, 0.2) is 5.78 Å². The van der Waals surface area contributed by atoms with Crippen LogP contribution in [-0.2, 0) is 0 Å². The minimum Gasteiger partial charge on any atom is -0.398 e. The summed E-state index contributed by atoms with van der Waals surface area (Å²) in [5.74, 6) is -0.415. The summed E-state index contributed by atoms with van der Waals surface area (Å²) < 4.78 is 12.8. The molecule has 1 fully saturated rings. The molecule has 0 aliphatic carbocycles. The molecule has 0 aromatic heterocycles. The monoisotopic (exact) mass is 222 g/mol. The first-order chi connectivity index (χ1) is 7.68. The van der Waals surface area contributed by atoms with Crippen molar-refractivity contribution >= 4 is 11.5 Å². The van der Waals surface area contributed by atoms with Gasteiger partial charge < -0.3 is 11.1 Å². The van der Waals surface area contributed by atoms with Crippen LogP contribution in [0.25, 0.3) is 0 Å². The van der Waals surface area contributed by atoms with E-state index in [1.807, 2.05) is 0 Å². The standard InChI is InChI=1S/C12H15FN2O/c13-9-3-4-10(11(14)6-9)12(16)8-2-1-5-15-7-8/h3-4,6,8,15H,1-2,5,7,14H2. The van der Waals surface area contributed by atoms with E-state index in [0.29, 0.717) is 12.1 Å². The maximum Gasteiger partial charge on any atom is 0.169 e. The molecule has 1 aliphatic rings. The minimum atomic E-state index is -0.407. The van der Waals surface area contributed by atoms with Crippen LogP contribution in [0, 0.1) is 11.7 Å². The molecule has 1 saturated heterocycles. The van der Waals surface area contributed by atoms with E-state index in [4.69, 9.17) is 5.73 Å². The summed E-state index contributed by atoms with van der Waals surface area (Å²) in [4.78, 5) is 12.1. The fourth-order valence-electron chi connectivity index (χ4n) is 2.05. The quantitative estimate of drug-likeness (QED) is 0.590. The number of nitrogen functional groups attached to an aromatic ring is 1. The molecule has 2 rings (SSSR count). The maximum atomic E-state index is 12.8. The highest BCUT2D eigenvalue weighted by Crippen LogP contribution is 2.21. The lowest BCUT2D eigenvalue weighted by molar-refractivity contribution is 0.0900. The molecule has 86 valence electrons. The summed E-state index contributed by atoms with van der Waals surface area (Å²) in [6, 6.07) is 3.95. The van der Waals surface area contributed by atoms with Crippen molar-refractivity contribution in [2.45, 2.75) is 12.8 Å². The first kappa shape index (κ1) is 11.1. The summed E-state index contributed by atoms with van der Waals surface area (Å²) in [7, 11) is 0. The molecule has 1 aromatic carbocycles. The Morgan fingerprint density at radius 2 is 2.31 bits per heavy atom. The zero-order chi connectivity index (χ0) is 11.5. The first-order valence-electron chi connectivity index (χ1n) is 5.48. The Hall–Kier alpha value is -1.42. The zero-order valence-corrected chi connectivity index (χ0v) is 9.00. The smallest absolute Gasteiger partial charge is 0.169 e. The topological polar surface area (TPSA) is 55.1 Å². The molecular weight excluding hydrogens is 207 g/mol. The van der Waals surface area contributed by atoms with Crippen LogP contribution >= 0.6 is 0 Å². The van der Waals surface area contributed by atoms with Crippen LogP contribution in [0.4, 0.5) is 10.1 Å². The molecular formula is C12H15FN2O. The lowest BCUT2D eigenvalue weighted by Gasteiger charge is -2.22. The third-order valence-electron chi connectivity index (χ3n) is 2.95. The van der Waals surface area contributed by atoms with E-state index in [9.17, 15) is 9.18 Å². The number of piperidine rings is 1. The van der Waals surface area contributed by atoms with Crippen molar-refractivity contribution in [3.8, 4) is 0 Å². The second kappa shape index (κ2) is 4.61. The molecule has 0 bridgehead atoms. The van der Waals surface area contributed by atoms with E-state index in [0.717, 1.165) is 19.4 Å². The number of benzene rings is 1. The van der Waals surface area contributed by atoms with Crippen molar-refractivity contribution in [1.29, 1.82) is 0 Å². The number of nitrogens with one attached hydrogen (secondary N) is 1. The predicted molar refractivity (Wildman–Crippen MR) is 60.7 cm³/mol. The molecule has 1 atom stereocenters. The summed E-state index contributed by atoms with van der Waals surface area (Å²) in [5.41, 5.74) is 6.32. The van der Waals surface area contributed by atoms with Crippen LogP contribution in [-0.4, -0.2) is 18.9 Å². The van der Waals surface area contributed by atoms with Crippen LogP contribution in [0.15, 0.2) is 18.2 Å². The first-order valence-corrected chi connectivity index (χ1v) is 5.48. The number of halogens is 1. The Kier molecular flexibility index (Phi) is 3.19. The fraction of sp³-hybridized carbons (Fsp3) is 0.417. The largest absolute Gasteiger partial charge is 0.398 e. The number of anilines is 1. The van der Waals surface area contributed by atoms with E-state index in [1.165, 1.54) is 18.2 Å². The van der Waals surface area contributed by atoms with E-state index >= 15 is 0 Å². The number of Topliss-reactive ketones (excluding diaryl/α,β-unsaturated/α-hetero) is 1. The molecule has 0 amide bonds. The molecule has 1 aliphatic heterocycles. The summed E-state index contributed by atoms with van der Waals surface area (Å²) >= 11 is 0. The van der Waals surface area contributed by atoms with Crippen molar-refractivity contribution in [3.63, 3.8) is 0 Å². The van der Waals surface area contributed by atoms with E-state index in [1.54, 1.807) is 0 Å². The molecule has 3 nitrogen and oxygen atoms in total. The Morgan fingerprint density at radius 3 is 2.94 bits per heavy atom. The van der Waals surface area contributed by atoms with Gasteiger partial charge in [-0.25, -0.2) is 4.39 Å². The average molecular weight is 222 g/mol. The second-order valence-corrected chi connectivity index (χ2v) is 4.14. The van der Waals surface area contributed by atoms with Gasteiger partial charge >= 0.3 is 0 Å². The van der Waals surface area contributed by atoms with Gasteiger partial charge in [0.1, 0.15) is 5.82 Å². The number of hydrogen-bond acceptors (Lipinski definition) is 3. The van der Waals surface area contributed by atoms with Crippen LogP contribution in [0.5, 0.6) is 0 Å². The molecule has 16 heavy (non-hydrogen) atoms. The van der Waals surface area contributed by atoms with Gasteiger partial charge in [0, 0.05) is 23.7 Å². The number of nitrogens with two attached hydrogens (primary N) is 1. The number of rotatable bonds is 2. The molecule has 0 saturated carbocycles. The third kappa shape index (κ3) is 2.22. The highest BCUT2D eigenvalue weighted by molar-refractivity contribution is 6.02. The van der Waals surface area contributed by atoms with Crippen molar-refractivity contribution in [3.05, 3.63) is 29.6 Å². The molecule has 4 heteroatoms. The number of ketones is 1. The van der Waals surface area contributed by atoms with Crippen LogP contribution in [0.1, 0.15) is 23.2 Å². The Labute approximate surface area is 93.8 Å². The van der Waals surface area contributed by atoms with Gasteiger partial charge in [-0.1, -0.05) is 0 Å². The maximum absolute atomic E-state index is 12.8. The van der Waals surface area contributed by atoms with Crippen LogP contribution in [0.3, 0.4) is 0 Å². The van der Waals surface area contributed by atoms with Gasteiger partial charge in [-0.05, 0) is 37.6 Å². The molecule has 1 unspecified atom stereocenters. The molecule has 0 spiro atoms. The van der Waals surface area contributed by atoms with Gasteiger partial charge in [0.2, 0.25) is 0 Å². The Morgan fingerprint density at radius 1 is 1.50 bits per heavy atom. The van der Waals surface area contributed by atoms with Crippen molar-refractivity contribution in [1.82, 2.24) is 5.32 Å². The third-order valence-corrected chi connectivity index (χ3v) is 2.95. The minimum absolute atomic E-state index is 0.0182. The number of hydrogen-bond donors (Lipinski definition) is 2. The lowest BCUT2D eigenvalue weighted by atomic mass is 9.90. The SMILES string of the molecule is Nc1cc(F)ccc1C(=O)C1CCCNC1. The van der Waals surface area contributed by atoms with Crippen molar-refractivity contribution in [2.75, 3.05) is 18.8 Å². The van der Waals surface area contributed by atoms with Gasteiger partial charge in [-0.3, -0.25) is 4.79 Å². The van der Waals surface area contributed by atoms with Gasteiger partial charge in [-0.2, -0.15) is 0 Å². The highest BCUT2D eigenvalue weighted by atomic mass is 19.1. The van der Waals surface area contributed by atoms with Crippen molar-refractivity contribution in [2.24, 2.45) is 5.92 Å². The van der Waals surface area contributed by atoms with E-state index in [-0.39, 0.29) is 17.4 Å². The van der Waals surface area contributed by atoms with E-state index < -0.39 is 5.82 Å². The van der Waals surface area contributed by atoms with Gasteiger partial charge in [0.25, 0.3) is 0 Å². The van der Waals surface area contributed by atoms with Crippen LogP contribution in [0.2, 0.25) is 0 Å². The number of carbonyl (C=O) groups is 1. The highest BCUT2D eigenvalue weighted by Gasteiger charge is 2.23. The molecule has 3 N–H and O–H groups in total. The van der Waals surface area contributed by atoms with Gasteiger partial charge in [0.05, 0.1) is 0 Å². The molecule has 1 heterocycles. The lowest BCUT2D eigenvalue weighted by Crippen LogP contribution is -2.34. The van der Waals surface area contributed by atoms with E-state index in [2.05, 4.69) is 5.32 Å². The van der Waals surface area contributed by atoms with Crippen LogP contribution < -0.4 is 11.1 Å². The zero-order valence-electron chi connectivity index (χ0n) is 9.00. The number of carbonyl (C=O) groups excluding carboxylic acids is 1. The molecule has 1 aromatic rings. The Bertz CT molecular complexity index is 400. The predicted octanol–water partition coefficient (Wildman–Crippen LogP) is 1.59.